The first kappa shape index (κ1) is 14.8. The molecule has 0 fully saturated rings. The van der Waals surface area contributed by atoms with Crippen LogP contribution in [-0.2, 0) is 6.54 Å². The molecule has 0 atom stereocenters. The predicted molar refractivity (Wildman–Crippen MR) is 92.8 cm³/mol. The monoisotopic (exact) mass is 327 g/mol. The number of aromatic nitrogens is 3. The number of hydrogen-bond donors (Lipinski definition) is 1. The molecule has 0 unspecified atom stereocenters. The summed E-state index contributed by atoms with van der Waals surface area (Å²) in [5, 5.41) is 11.9. The molecular formula is C19H13N5O. The van der Waals surface area contributed by atoms with Gasteiger partial charge >= 0.3 is 0 Å². The maximum Gasteiger partial charge on any atom is 0.255 e. The van der Waals surface area contributed by atoms with Crippen LogP contribution in [0.5, 0.6) is 0 Å². The normalized spacial score (nSPS) is 10.7. The quantitative estimate of drug-likeness (QED) is 0.627. The fraction of sp³-hybridized carbons (Fsp3) is 0.0526. The third-order valence-electron chi connectivity index (χ3n) is 4.04. The van der Waals surface area contributed by atoms with Gasteiger partial charge in [0.2, 0.25) is 0 Å². The van der Waals surface area contributed by atoms with Gasteiger partial charge in [0.15, 0.2) is 0 Å². The molecule has 1 amide bonds. The van der Waals surface area contributed by atoms with Crippen LogP contribution in [0.2, 0.25) is 0 Å². The Bertz CT molecular complexity index is 1090. The van der Waals surface area contributed by atoms with Gasteiger partial charge in [-0.05, 0) is 29.8 Å². The molecule has 6 nitrogen and oxygen atoms in total. The van der Waals surface area contributed by atoms with Crippen LogP contribution in [0.1, 0.15) is 21.5 Å². The molecule has 0 aliphatic carbocycles. The minimum atomic E-state index is -0.209. The Hall–Kier alpha value is -3.72. The Morgan fingerprint density at radius 2 is 2.12 bits per heavy atom. The average molecular weight is 327 g/mol. The van der Waals surface area contributed by atoms with E-state index in [2.05, 4.69) is 21.4 Å². The van der Waals surface area contributed by atoms with Gasteiger partial charge in [-0.15, -0.1) is 0 Å². The number of nitrogens with one attached hydrogen (secondary N) is 1. The van der Waals surface area contributed by atoms with E-state index in [-0.39, 0.29) is 5.91 Å². The van der Waals surface area contributed by atoms with Crippen LogP contribution >= 0.6 is 0 Å². The van der Waals surface area contributed by atoms with E-state index in [1.165, 1.54) is 6.33 Å². The molecule has 0 saturated heterocycles. The van der Waals surface area contributed by atoms with Gasteiger partial charge in [-0.25, -0.2) is 9.97 Å². The van der Waals surface area contributed by atoms with Crippen molar-refractivity contribution in [3.63, 3.8) is 0 Å². The summed E-state index contributed by atoms with van der Waals surface area (Å²) in [5.74, 6) is -0.209. The first-order chi connectivity index (χ1) is 12.3. The van der Waals surface area contributed by atoms with Crippen molar-refractivity contribution < 1.29 is 4.79 Å². The molecule has 4 rings (SSSR count). The summed E-state index contributed by atoms with van der Waals surface area (Å²) in [6.07, 6.45) is 5.02. The largest absolute Gasteiger partial charge is 0.348 e. The summed E-state index contributed by atoms with van der Waals surface area (Å²) in [6.45, 7) is 0.338. The second kappa shape index (κ2) is 6.06. The molecule has 0 saturated carbocycles. The van der Waals surface area contributed by atoms with Crippen molar-refractivity contribution in [2.24, 2.45) is 0 Å². The number of rotatable bonds is 3. The summed E-state index contributed by atoms with van der Waals surface area (Å²) < 4.78 is 1.90. The lowest BCUT2D eigenvalue weighted by molar-refractivity contribution is 0.0954. The summed E-state index contributed by atoms with van der Waals surface area (Å²) in [4.78, 5) is 21.2. The minimum absolute atomic E-state index is 0.209. The van der Waals surface area contributed by atoms with Gasteiger partial charge in [-0.1, -0.05) is 18.2 Å². The Morgan fingerprint density at radius 1 is 1.20 bits per heavy atom. The molecule has 3 heterocycles. The van der Waals surface area contributed by atoms with E-state index in [9.17, 15) is 4.79 Å². The van der Waals surface area contributed by atoms with Gasteiger partial charge in [-0.3, -0.25) is 4.79 Å². The lowest BCUT2D eigenvalue weighted by Gasteiger charge is -2.05. The first-order valence-corrected chi connectivity index (χ1v) is 7.74. The number of pyridine rings is 1. The van der Waals surface area contributed by atoms with E-state index < -0.39 is 0 Å². The molecular weight excluding hydrogens is 314 g/mol. The summed E-state index contributed by atoms with van der Waals surface area (Å²) in [7, 11) is 0. The topological polar surface area (TPSA) is 83.1 Å². The second-order valence-electron chi connectivity index (χ2n) is 5.58. The van der Waals surface area contributed by atoms with Crippen LogP contribution in [0.25, 0.3) is 16.6 Å². The van der Waals surface area contributed by atoms with E-state index >= 15 is 0 Å². The first-order valence-electron chi connectivity index (χ1n) is 7.74. The van der Waals surface area contributed by atoms with Crippen molar-refractivity contribution in [2.45, 2.75) is 6.54 Å². The number of benzene rings is 1. The zero-order chi connectivity index (χ0) is 17.2. The van der Waals surface area contributed by atoms with E-state index in [0.717, 1.165) is 16.6 Å². The van der Waals surface area contributed by atoms with Crippen LogP contribution in [0.4, 0.5) is 0 Å². The predicted octanol–water partition coefficient (Wildman–Crippen LogP) is 2.68. The second-order valence-corrected chi connectivity index (χ2v) is 5.58. The van der Waals surface area contributed by atoms with Crippen LogP contribution in [-0.4, -0.2) is 20.3 Å². The molecule has 3 aromatic heterocycles. The SMILES string of the molecule is N#Cc1cccc(CNC(=O)c2c3ncncc3n3ccccc23)c1. The fourth-order valence-electron chi connectivity index (χ4n) is 2.91. The number of carbonyl (C=O) groups excluding carboxylic acids is 1. The van der Waals surface area contributed by atoms with E-state index in [1.807, 2.05) is 34.9 Å². The van der Waals surface area contributed by atoms with Crippen LogP contribution in [0, 0.1) is 11.3 Å². The van der Waals surface area contributed by atoms with Gasteiger partial charge in [0.25, 0.3) is 5.91 Å². The van der Waals surface area contributed by atoms with Crippen molar-refractivity contribution in [2.75, 3.05) is 0 Å². The van der Waals surface area contributed by atoms with E-state index in [0.29, 0.717) is 23.2 Å². The highest BCUT2D eigenvalue weighted by Gasteiger charge is 2.19. The van der Waals surface area contributed by atoms with Crippen molar-refractivity contribution in [1.82, 2.24) is 19.7 Å². The molecule has 0 aliphatic heterocycles. The highest BCUT2D eigenvalue weighted by molar-refractivity contribution is 6.12. The molecule has 6 heteroatoms. The number of fused-ring (bicyclic) bond motifs is 3. The van der Waals surface area contributed by atoms with Gasteiger partial charge < -0.3 is 9.72 Å². The molecule has 4 aromatic rings. The van der Waals surface area contributed by atoms with Crippen molar-refractivity contribution in [3.8, 4) is 6.07 Å². The van der Waals surface area contributed by atoms with Gasteiger partial charge in [0, 0.05) is 12.7 Å². The third kappa shape index (κ3) is 2.58. The van der Waals surface area contributed by atoms with Crippen molar-refractivity contribution in [3.05, 3.63) is 77.9 Å². The van der Waals surface area contributed by atoms with Gasteiger partial charge in [-0.2, -0.15) is 5.26 Å². The molecule has 0 radical (unpaired) electrons. The molecule has 1 aromatic carbocycles. The smallest absolute Gasteiger partial charge is 0.255 e. The number of nitrogens with zero attached hydrogens (tertiary/aromatic N) is 4. The maximum atomic E-state index is 12.8. The zero-order valence-corrected chi connectivity index (χ0v) is 13.2. The highest BCUT2D eigenvalue weighted by atomic mass is 16.1. The summed E-state index contributed by atoms with van der Waals surface area (Å²) in [6, 6.07) is 14.9. The Kier molecular flexibility index (Phi) is 3.60. The standard InChI is InChI=1S/C19H13N5O/c20-9-13-4-3-5-14(8-13)10-22-19(25)17-15-6-1-2-7-24(15)16-11-21-12-23-18(16)17/h1-8,11-12H,10H2,(H,22,25). The highest BCUT2D eigenvalue weighted by Crippen LogP contribution is 2.24. The van der Waals surface area contributed by atoms with Crippen molar-refractivity contribution >= 4 is 22.5 Å². The lowest BCUT2D eigenvalue weighted by atomic mass is 10.1. The van der Waals surface area contributed by atoms with Crippen LogP contribution in [0.15, 0.2) is 61.2 Å². The van der Waals surface area contributed by atoms with Gasteiger partial charge in [0.05, 0.1) is 34.4 Å². The Labute approximate surface area is 143 Å². The molecule has 120 valence electrons. The molecule has 0 bridgehead atoms. The van der Waals surface area contributed by atoms with Crippen molar-refractivity contribution in [1.29, 1.82) is 5.26 Å². The molecule has 0 spiro atoms. The number of nitriles is 1. The van der Waals surface area contributed by atoms with Crippen LogP contribution < -0.4 is 5.32 Å². The number of amides is 1. The third-order valence-corrected chi connectivity index (χ3v) is 4.04. The molecule has 25 heavy (non-hydrogen) atoms. The Morgan fingerprint density at radius 3 is 3.00 bits per heavy atom. The lowest BCUT2D eigenvalue weighted by Crippen LogP contribution is -2.23. The van der Waals surface area contributed by atoms with Gasteiger partial charge in [0.1, 0.15) is 11.8 Å². The fourth-order valence-corrected chi connectivity index (χ4v) is 2.91. The van der Waals surface area contributed by atoms with Crippen LogP contribution in [0.3, 0.4) is 0 Å². The maximum absolute atomic E-state index is 12.8. The zero-order valence-electron chi connectivity index (χ0n) is 13.2. The summed E-state index contributed by atoms with van der Waals surface area (Å²) >= 11 is 0. The van der Waals surface area contributed by atoms with E-state index in [1.54, 1.807) is 24.4 Å². The minimum Gasteiger partial charge on any atom is -0.348 e. The molecule has 1 N–H and O–H groups in total. The number of carbonyl (C=O) groups is 1. The average Bonchev–Trinajstić information content (AvgIpc) is 3.01. The van der Waals surface area contributed by atoms with E-state index in [4.69, 9.17) is 5.26 Å². The Balaban J connectivity index is 1.71. The molecule has 0 aliphatic rings. The summed E-state index contributed by atoms with van der Waals surface area (Å²) in [5.41, 5.74) is 4.14. The number of hydrogen-bond acceptors (Lipinski definition) is 4.